The third-order valence-electron chi connectivity index (χ3n) is 3.60. The molecule has 0 aliphatic carbocycles. The van der Waals surface area contributed by atoms with Crippen LogP contribution < -0.4 is 14.2 Å². The Balaban J connectivity index is 1.47. The fraction of sp³-hybridized carbons (Fsp3) is 0.235. The maximum atomic E-state index is 12.3. The number of aromatic nitrogens is 2. The highest BCUT2D eigenvalue weighted by atomic mass is 32.1. The van der Waals surface area contributed by atoms with E-state index in [-0.39, 0.29) is 18.0 Å². The molecule has 26 heavy (non-hydrogen) atoms. The average molecular weight is 374 g/mol. The first kappa shape index (κ1) is 16.4. The van der Waals surface area contributed by atoms with Crippen LogP contribution in [0.25, 0.3) is 10.8 Å². The summed E-state index contributed by atoms with van der Waals surface area (Å²) < 4.78 is 26.7. The molecule has 0 saturated heterocycles. The summed E-state index contributed by atoms with van der Waals surface area (Å²) in [5.41, 5.74) is 0.285. The largest absolute Gasteiger partial charge is 0.493 e. The first-order valence-electron chi connectivity index (χ1n) is 7.76. The van der Waals surface area contributed by atoms with Crippen LogP contribution in [0.5, 0.6) is 17.2 Å². The van der Waals surface area contributed by atoms with Gasteiger partial charge in [-0.3, -0.25) is 0 Å². The van der Waals surface area contributed by atoms with Crippen molar-refractivity contribution in [2.45, 2.75) is 6.61 Å². The number of thiophene rings is 1. The molecule has 0 amide bonds. The van der Waals surface area contributed by atoms with Crippen LogP contribution in [-0.4, -0.2) is 36.4 Å². The van der Waals surface area contributed by atoms with Crippen LogP contribution in [0.15, 0.2) is 34.2 Å². The highest BCUT2D eigenvalue weighted by molar-refractivity contribution is 7.13. The fourth-order valence-corrected chi connectivity index (χ4v) is 3.06. The van der Waals surface area contributed by atoms with Gasteiger partial charge in [0.2, 0.25) is 11.6 Å². The highest BCUT2D eigenvalue weighted by Gasteiger charge is 2.22. The molecule has 4 rings (SSSR count). The monoisotopic (exact) mass is 374 g/mol. The average Bonchev–Trinajstić information content (AvgIpc) is 3.36. The molecule has 3 heterocycles. The Hall–Kier alpha value is -3.07. The SMILES string of the molecule is COc1cc(C(=O)OCc2noc(-c3cccs3)n2)cc2c1OCCO2. The standard InChI is InChI=1S/C17H14N2O6S/c1-21-11-7-10(8-12-15(11)23-5-4-22-12)17(20)24-9-14-18-16(25-19-14)13-3-2-6-26-13/h2-3,6-8H,4-5,9H2,1H3. The Labute approximate surface area is 152 Å². The number of benzene rings is 1. The van der Waals surface area contributed by atoms with Crippen LogP contribution >= 0.6 is 11.3 Å². The minimum Gasteiger partial charge on any atom is -0.493 e. The molecule has 0 unspecified atom stereocenters. The zero-order valence-corrected chi connectivity index (χ0v) is 14.6. The lowest BCUT2D eigenvalue weighted by Crippen LogP contribution is -2.17. The second-order valence-electron chi connectivity index (χ2n) is 5.27. The van der Waals surface area contributed by atoms with Gasteiger partial charge < -0.3 is 23.5 Å². The van der Waals surface area contributed by atoms with Gasteiger partial charge in [0.1, 0.15) is 13.2 Å². The molecule has 2 aromatic heterocycles. The van der Waals surface area contributed by atoms with Gasteiger partial charge in [-0.2, -0.15) is 4.98 Å². The third kappa shape index (κ3) is 3.21. The number of nitrogens with zero attached hydrogens (tertiary/aromatic N) is 2. The Kier molecular flexibility index (Phi) is 4.44. The van der Waals surface area contributed by atoms with Crippen molar-refractivity contribution in [2.24, 2.45) is 0 Å². The van der Waals surface area contributed by atoms with Gasteiger partial charge in [-0.25, -0.2) is 4.79 Å². The molecule has 0 saturated carbocycles. The third-order valence-corrected chi connectivity index (χ3v) is 4.45. The van der Waals surface area contributed by atoms with E-state index in [1.54, 1.807) is 12.1 Å². The molecule has 0 radical (unpaired) electrons. The minimum absolute atomic E-state index is 0.107. The minimum atomic E-state index is -0.553. The van der Waals surface area contributed by atoms with E-state index in [2.05, 4.69) is 10.1 Å². The van der Waals surface area contributed by atoms with Gasteiger partial charge in [-0.1, -0.05) is 11.2 Å². The number of carbonyl (C=O) groups is 1. The summed E-state index contributed by atoms with van der Waals surface area (Å²) in [7, 11) is 1.49. The summed E-state index contributed by atoms with van der Waals surface area (Å²) in [6, 6.07) is 6.87. The quantitative estimate of drug-likeness (QED) is 0.630. The van der Waals surface area contributed by atoms with Crippen molar-refractivity contribution in [1.82, 2.24) is 10.1 Å². The van der Waals surface area contributed by atoms with Crippen molar-refractivity contribution < 1.29 is 28.3 Å². The molecule has 8 nitrogen and oxygen atoms in total. The van der Waals surface area contributed by atoms with E-state index >= 15 is 0 Å². The first-order chi connectivity index (χ1) is 12.7. The normalized spacial score (nSPS) is 12.7. The summed E-state index contributed by atoms with van der Waals surface area (Å²) in [4.78, 5) is 17.4. The molecule has 1 aliphatic heterocycles. The molecule has 0 spiro atoms. The van der Waals surface area contributed by atoms with E-state index in [4.69, 9.17) is 23.5 Å². The number of hydrogen-bond acceptors (Lipinski definition) is 9. The van der Waals surface area contributed by atoms with Crippen LogP contribution in [0.3, 0.4) is 0 Å². The Morgan fingerprint density at radius 3 is 3.00 bits per heavy atom. The van der Waals surface area contributed by atoms with Crippen molar-refractivity contribution in [3.63, 3.8) is 0 Å². The number of esters is 1. The Bertz CT molecular complexity index is 904. The molecular formula is C17H14N2O6S. The van der Waals surface area contributed by atoms with Crippen molar-refractivity contribution in [3.8, 4) is 28.0 Å². The maximum absolute atomic E-state index is 12.3. The van der Waals surface area contributed by atoms with Gasteiger partial charge in [0, 0.05) is 0 Å². The number of hydrogen-bond donors (Lipinski definition) is 0. The van der Waals surface area contributed by atoms with Crippen LogP contribution in [0.4, 0.5) is 0 Å². The molecule has 0 N–H and O–H groups in total. The second kappa shape index (κ2) is 7.04. The van der Waals surface area contributed by atoms with E-state index < -0.39 is 5.97 Å². The van der Waals surface area contributed by atoms with Gasteiger partial charge >= 0.3 is 5.97 Å². The van der Waals surface area contributed by atoms with Crippen molar-refractivity contribution in [3.05, 3.63) is 41.0 Å². The van der Waals surface area contributed by atoms with Gasteiger partial charge in [-0.05, 0) is 23.6 Å². The lowest BCUT2D eigenvalue weighted by molar-refractivity contribution is 0.0458. The van der Waals surface area contributed by atoms with E-state index in [0.717, 1.165) is 4.88 Å². The van der Waals surface area contributed by atoms with Gasteiger partial charge in [0.05, 0.1) is 17.6 Å². The van der Waals surface area contributed by atoms with Crippen LogP contribution in [0.2, 0.25) is 0 Å². The topological polar surface area (TPSA) is 92.9 Å². The summed E-state index contributed by atoms with van der Waals surface area (Å²) in [6.07, 6.45) is 0. The van der Waals surface area contributed by atoms with E-state index in [0.29, 0.717) is 36.4 Å². The van der Waals surface area contributed by atoms with Crippen molar-refractivity contribution in [2.75, 3.05) is 20.3 Å². The highest BCUT2D eigenvalue weighted by Crippen LogP contribution is 2.40. The van der Waals surface area contributed by atoms with Crippen molar-refractivity contribution >= 4 is 17.3 Å². The van der Waals surface area contributed by atoms with Crippen LogP contribution in [0, 0.1) is 0 Å². The number of methoxy groups -OCH3 is 1. The van der Waals surface area contributed by atoms with E-state index in [1.807, 2.05) is 17.5 Å². The number of fused-ring (bicyclic) bond motifs is 1. The maximum Gasteiger partial charge on any atom is 0.338 e. The van der Waals surface area contributed by atoms with Crippen molar-refractivity contribution in [1.29, 1.82) is 0 Å². The molecule has 1 aromatic carbocycles. The molecule has 0 fully saturated rings. The summed E-state index contributed by atoms with van der Waals surface area (Å²) >= 11 is 1.48. The second-order valence-corrected chi connectivity index (χ2v) is 6.22. The Morgan fingerprint density at radius 2 is 2.19 bits per heavy atom. The lowest BCUT2D eigenvalue weighted by Gasteiger charge is -2.21. The summed E-state index contributed by atoms with van der Waals surface area (Å²) in [5, 5.41) is 5.73. The van der Waals surface area contributed by atoms with Gasteiger partial charge in [0.25, 0.3) is 5.89 Å². The predicted molar refractivity (Wildman–Crippen MR) is 90.7 cm³/mol. The number of carbonyl (C=O) groups excluding carboxylic acids is 1. The fourth-order valence-electron chi connectivity index (χ4n) is 2.42. The molecular weight excluding hydrogens is 360 g/mol. The molecule has 134 valence electrons. The zero-order valence-electron chi connectivity index (χ0n) is 13.8. The smallest absolute Gasteiger partial charge is 0.338 e. The van der Waals surface area contributed by atoms with Gasteiger partial charge in [-0.15, -0.1) is 11.3 Å². The van der Waals surface area contributed by atoms with Gasteiger partial charge in [0.15, 0.2) is 18.1 Å². The lowest BCUT2D eigenvalue weighted by atomic mass is 10.1. The molecule has 0 bridgehead atoms. The zero-order chi connectivity index (χ0) is 17.9. The predicted octanol–water partition coefficient (Wildman–Crippen LogP) is 2.93. The molecule has 1 aliphatic rings. The molecule has 9 heteroatoms. The van der Waals surface area contributed by atoms with Crippen LogP contribution in [-0.2, 0) is 11.3 Å². The first-order valence-corrected chi connectivity index (χ1v) is 8.64. The summed E-state index contributed by atoms with van der Waals surface area (Å²) in [6.45, 7) is 0.727. The number of rotatable bonds is 5. The van der Waals surface area contributed by atoms with E-state index in [1.165, 1.54) is 18.4 Å². The molecule has 0 atom stereocenters. The number of ether oxygens (including phenoxy) is 4. The van der Waals surface area contributed by atoms with E-state index in [9.17, 15) is 4.79 Å². The molecule has 3 aromatic rings. The summed E-state index contributed by atoms with van der Waals surface area (Å²) in [5.74, 6) is 1.46. The Morgan fingerprint density at radius 1 is 1.31 bits per heavy atom. The van der Waals surface area contributed by atoms with Crippen LogP contribution in [0.1, 0.15) is 16.2 Å².